The number of amidine groups is 1. The second-order valence-electron chi connectivity index (χ2n) is 3.50. The Morgan fingerprint density at radius 2 is 2.28 bits per heavy atom. The third-order valence-electron chi connectivity index (χ3n) is 2.11. The minimum Gasteiger partial charge on any atom is -0.409 e. The molecule has 6 nitrogen and oxygen atoms in total. The number of halogens is 1. The topological polar surface area (TPSA) is 105 Å². The summed E-state index contributed by atoms with van der Waals surface area (Å²) in [7, 11) is -3.44. The molecule has 1 aromatic rings. The number of unbranched alkanes of at least 4 members (excludes halogenated alkanes) is 1. The van der Waals surface area contributed by atoms with Crippen LogP contribution < -0.4 is 10.5 Å². The molecule has 0 atom stereocenters. The molecule has 0 saturated heterocycles. The fourth-order valence-electron chi connectivity index (χ4n) is 1.22. The molecule has 0 bridgehead atoms. The SMILES string of the molecule is NC(CCCCNS(=O)(=O)c1sccc1Br)=NO. The standard InChI is InChI=1S/C9H14BrN3O3S2/c10-7-4-6-17-9(7)18(15,16)12-5-2-1-3-8(11)13-14/h4,6,12,14H,1-3,5H2,(H2,11,13). The van der Waals surface area contributed by atoms with E-state index in [1.807, 2.05) is 0 Å². The van der Waals surface area contributed by atoms with Crippen molar-refractivity contribution in [2.75, 3.05) is 6.54 Å². The molecular weight excluding hydrogens is 342 g/mol. The molecule has 0 aromatic carbocycles. The van der Waals surface area contributed by atoms with E-state index >= 15 is 0 Å². The van der Waals surface area contributed by atoms with Crippen molar-refractivity contribution in [1.82, 2.24) is 4.72 Å². The Bertz CT molecular complexity index is 513. The summed E-state index contributed by atoms with van der Waals surface area (Å²) in [5, 5.41) is 12.9. The lowest BCUT2D eigenvalue weighted by molar-refractivity contribution is 0.316. The number of nitrogens with one attached hydrogen (secondary N) is 1. The highest BCUT2D eigenvalue weighted by Crippen LogP contribution is 2.27. The highest BCUT2D eigenvalue weighted by molar-refractivity contribution is 9.10. The van der Waals surface area contributed by atoms with Crippen LogP contribution >= 0.6 is 27.3 Å². The number of hydrogen-bond acceptors (Lipinski definition) is 5. The van der Waals surface area contributed by atoms with E-state index in [-0.39, 0.29) is 10.0 Å². The Balaban J connectivity index is 2.38. The van der Waals surface area contributed by atoms with Gasteiger partial charge in [-0.25, -0.2) is 13.1 Å². The predicted octanol–water partition coefficient (Wildman–Crippen LogP) is 1.71. The van der Waals surface area contributed by atoms with Crippen LogP contribution in [0.25, 0.3) is 0 Å². The molecule has 1 rings (SSSR count). The maximum atomic E-state index is 11.8. The van der Waals surface area contributed by atoms with Crippen molar-refractivity contribution in [1.29, 1.82) is 0 Å². The molecule has 102 valence electrons. The molecule has 0 aliphatic rings. The summed E-state index contributed by atoms with van der Waals surface area (Å²) < 4.78 is 27.0. The molecule has 0 amide bonds. The van der Waals surface area contributed by atoms with Crippen LogP contribution in [0.15, 0.2) is 25.3 Å². The number of hydrogen-bond donors (Lipinski definition) is 3. The highest BCUT2D eigenvalue weighted by Gasteiger charge is 2.18. The summed E-state index contributed by atoms with van der Waals surface area (Å²) in [6, 6.07) is 1.69. The van der Waals surface area contributed by atoms with Gasteiger partial charge in [0.15, 0.2) is 0 Å². The average molecular weight is 356 g/mol. The van der Waals surface area contributed by atoms with E-state index in [0.29, 0.717) is 30.3 Å². The first-order valence-corrected chi connectivity index (χ1v) is 8.32. The number of rotatable bonds is 7. The van der Waals surface area contributed by atoms with Gasteiger partial charge in [0.05, 0.1) is 0 Å². The normalized spacial score (nSPS) is 12.8. The molecule has 0 aliphatic carbocycles. The summed E-state index contributed by atoms with van der Waals surface area (Å²) >= 11 is 4.34. The Kier molecular flexibility index (Phi) is 6.06. The van der Waals surface area contributed by atoms with E-state index < -0.39 is 10.0 Å². The predicted molar refractivity (Wildman–Crippen MR) is 74.5 cm³/mol. The van der Waals surface area contributed by atoms with Gasteiger partial charge in [0, 0.05) is 17.4 Å². The molecule has 0 spiro atoms. The van der Waals surface area contributed by atoms with Gasteiger partial charge in [-0.05, 0) is 40.2 Å². The Morgan fingerprint density at radius 3 is 2.83 bits per heavy atom. The molecule has 0 unspecified atom stereocenters. The van der Waals surface area contributed by atoms with E-state index in [2.05, 4.69) is 25.8 Å². The largest absolute Gasteiger partial charge is 0.409 e. The van der Waals surface area contributed by atoms with Gasteiger partial charge in [-0.15, -0.1) is 11.3 Å². The molecule has 0 aliphatic heterocycles. The number of nitrogens with two attached hydrogens (primary N) is 1. The zero-order valence-electron chi connectivity index (χ0n) is 9.47. The molecule has 4 N–H and O–H groups in total. The van der Waals surface area contributed by atoms with Gasteiger partial charge in [-0.2, -0.15) is 0 Å². The Hall–Kier alpha value is -0.640. The second kappa shape index (κ2) is 7.07. The van der Waals surface area contributed by atoms with Crippen molar-refractivity contribution in [2.24, 2.45) is 10.9 Å². The third-order valence-corrected chi connectivity index (χ3v) is 6.24. The maximum Gasteiger partial charge on any atom is 0.251 e. The van der Waals surface area contributed by atoms with Crippen molar-refractivity contribution in [2.45, 2.75) is 23.5 Å². The van der Waals surface area contributed by atoms with E-state index in [4.69, 9.17) is 10.9 Å². The lowest BCUT2D eigenvalue weighted by Crippen LogP contribution is -2.24. The maximum absolute atomic E-state index is 11.8. The first-order chi connectivity index (χ1) is 8.47. The third kappa shape index (κ3) is 4.56. The molecule has 0 fully saturated rings. The zero-order chi connectivity index (χ0) is 13.6. The van der Waals surface area contributed by atoms with Gasteiger partial charge in [-0.1, -0.05) is 5.16 Å². The lowest BCUT2D eigenvalue weighted by Gasteiger charge is -2.05. The minimum atomic E-state index is -3.44. The van der Waals surface area contributed by atoms with Gasteiger partial charge < -0.3 is 10.9 Å². The number of oxime groups is 1. The molecule has 0 saturated carbocycles. The van der Waals surface area contributed by atoms with Crippen LogP contribution in [0, 0.1) is 0 Å². The van der Waals surface area contributed by atoms with Gasteiger partial charge in [0.1, 0.15) is 10.0 Å². The summed E-state index contributed by atoms with van der Waals surface area (Å²) in [6.07, 6.45) is 1.73. The summed E-state index contributed by atoms with van der Waals surface area (Å²) in [5.41, 5.74) is 5.29. The van der Waals surface area contributed by atoms with Crippen LogP contribution in [0.5, 0.6) is 0 Å². The smallest absolute Gasteiger partial charge is 0.251 e. The van der Waals surface area contributed by atoms with Gasteiger partial charge in [0.25, 0.3) is 10.0 Å². The molecule has 1 aromatic heterocycles. The summed E-state index contributed by atoms with van der Waals surface area (Å²) in [4.78, 5) is 0. The monoisotopic (exact) mass is 355 g/mol. The molecule has 0 radical (unpaired) electrons. The van der Waals surface area contributed by atoms with Crippen molar-refractivity contribution in [3.8, 4) is 0 Å². The van der Waals surface area contributed by atoms with E-state index in [1.54, 1.807) is 11.4 Å². The summed E-state index contributed by atoms with van der Waals surface area (Å²) in [5.74, 6) is 0.152. The molecule has 18 heavy (non-hydrogen) atoms. The number of nitrogens with zero attached hydrogens (tertiary/aromatic N) is 1. The van der Waals surface area contributed by atoms with Crippen LogP contribution in [0.3, 0.4) is 0 Å². The van der Waals surface area contributed by atoms with E-state index in [1.165, 1.54) is 0 Å². The fraction of sp³-hybridized carbons (Fsp3) is 0.444. The Morgan fingerprint density at radius 1 is 1.56 bits per heavy atom. The van der Waals surface area contributed by atoms with Gasteiger partial charge in [0.2, 0.25) is 0 Å². The van der Waals surface area contributed by atoms with E-state index in [9.17, 15) is 8.42 Å². The van der Waals surface area contributed by atoms with Crippen LogP contribution in [0.1, 0.15) is 19.3 Å². The van der Waals surface area contributed by atoms with Crippen LogP contribution in [0.2, 0.25) is 0 Å². The minimum absolute atomic E-state index is 0.152. The van der Waals surface area contributed by atoms with Crippen molar-refractivity contribution in [3.05, 3.63) is 15.9 Å². The zero-order valence-corrected chi connectivity index (χ0v) is 12.7. The lowest BCUT2D eigenvalue weighted by atomic mass is 10.2. The first kappa shape index (κ1) is 15.4. The summed E-state index contributed by atoms with van der Waals surface area (Å²) in [6.45, 7) is 0.325. The first-order valence-electron chi connectivity index (χ1n) is 5.16. The Labute approximate surface area is 118 Å². The second-order valence-corrected chi connectivity index (χ2v) is 7.23. The van der Waals surface area contributed by atoms with E-state index in [0.717, 1.165) is 11.3 Å². The van der Waals surface area contributed by atoms with Crippen LogP contribution in [0.4, 0.5) is 0 Å². The average Bonchev–Trinajstić information content (AvgIpc) is 2.75. The van der Waals surface area contributed by atoms with Crippen molar-refractivity contribution in [3.63, 3.8) is 0 Å². The number of thiophene rings is 1. The van der Waals surface area contributed by atoms with Gasteiger partial charge >= 0.3 is 0 Å². The van der Waals surface area contributed by atoms with Crippen LogP contribution in [-0.2, 0) is 10.0 Å². The highest BCUT2D eigenvalue weighted by atomic mass is 79.9. The molecule has 9 heteroatoms. The number of sulfonamides is 1. The van der Waals surface area contributed by atoms with Crippen molar-refractivity contribution < 1.29 is 13.6 Å². The molecule has 1 heterocycles. The quantitative estimate of drug-likeness (QED) is 0.227. The van der Waals surface area contributed by atoms with Gasteiger partial charge in [-0.3, -0.25) is 0 Å². The fourth-order valence-corrected chi connectivity index (χ4v) is 4.68. The molecular formula is C9H14BrN3O3S2. The van der Waals surface area contributed by atoms with Crippen molar-refractivity contribution >= 4 is 43.1 Å². The van der Waals surface area contributed by atoms with Crippen LogP contribution in [-0.4, -0.2) is 26.0 Å².